The van der Waals surface area contributed by atoms with Gasteiger partial charge in [0.15, 0.2) is 6.79 Å². The maximum absolute atomic E-state index is 5.72. The molecule has 3 nitrogen and oxygen atoms in total. The Balaban J connectivity index is 2.68. The van der Waals surface area contributed by atoms with Crippen LogP contribution in [0.3, 0.4) is 0 Å². The maximum atomic E-state index is 5.72. The van der Waals surface area contributed by atoms with Crippen LogP contribution >= 0.6 is 0 Å². The normalized spacial score (nSPS) is 12.5. The number of methoxy groups -OCH3 is 1. The Morgan fingerprint density at radius 3 is 2.85 bits per heavy atom. The molecule has 0 saturated carbocycles. The lowest BCUT2D eigenvalue weighted by atomic mass is 10.1. The predicted molar refractivity (Wildman–Crippen MR) is 51.5 cm³/mol. The van der Waals surface area contributed by atoms with Crippen molar-refractivity contribution < 1.29 is 9.47 Å². The highest BCUT2D eigenvalue weighted by Crippen LogP contribution is 2.17. The summed E-state index contributed by atoms with van der Waals surface area (Å²) in [6.07, 6.45) is 0. The molecule has 0 bridgehead atoms. The number of nitrogens with two attached hydrogens (primary N) is 1. The summed E-state index contributed by atoms with van der Waals surface area (Å²) in [5.41, 5.74) is 6.79. The van der Waals surface area contributed by atoms with Gasteiger partial charge in [-0.15, -0.1) is 0 Å². The second-order valence-corrected chi connectivity index (χ2v) is 2.91. The molecule has 0 aliphatic rings. The van der Waals surface area contributed by atoms with Gasteiger partial charge in [-0.25, -0.2) is 0 Å². The van der Waals surface area contributed by atoms with Crippen LogP contribution in [0.2, 0.25) is 0 Å². The molecule has 0 aromatic heterocycles. The Morgan fingerprint density at radius 1 is 1.46 bits per heavy atom. The van der Waals surface area contributed by atoms with E-state index in [1.807, 2.05) is 31.2 Å². The van der Waals surface area contributed by atoms with Gasteiger partial charge in [0.2, 0.25) is 0 Å². The predicted octanol–water partition coefficient (Wildman–Crippen LogP) is 1.69. The van der Waals surface area contributed by atoms with E-state index in [-0.39, 0.29) is 12.8 Å². The van der Waals surface area contributed by atoms with Crippen molar-refractivity contribution in [2.45, 2.75) is 13.0 Å². The summed E-state index contributed by atoms with van der Waals surface area (Å²) in [5.74, 6) is 0.789. The second-order valence-electron chi connectivity index (χ2n) is 2.91. The molecule has 13 heavy (non-hydrogen) atoms. The number of hydrogen-bond donors (Lipinski definition) is 1. The molecule has 72 valence electrons. The molecule has 0 fully saturated rings. The fraction of sp³-hybridized carbons (Fsp3) is 0.400. The third-order valence-corrected chi connectivity index (χ3v) is 1.73. The van der Waals surface area contributed by atoms with Gasteiger partial charge in [0, 0.05) is 13.2 Å². The van der Waals surface area contributed by atoms with E-state index in [9.17, 15) is 0 Å². The first-order valence-corrected chi connectivity index (χ1v) is 4.21. The van der Waals surface area contributed by atoms with Crippen molar-refractivity contribution in [1.29, 1.82) is 0 Å². The Labute approximate surface area is 78.5 Å². The minimum Gasteiger partial charge on any atom is -0.468 e. The third kappa shape index (κ3) is 3.05. The highest BCUT2D eigenvalue weighted by Gasteiger charge is 2.00. The quantitative estimate of drug-likeness (QED) is 0.719. The number of benzene rings is 1. The van der Waals surface area contributed by atoms with Gasteiger partial charge in [-0.1, -0.05) is 12.1 Å². The van der Waals surface area contributed by atoms with Gasteiger partial charge < -0.3 is 15.2 Å². The first-order chi connectivity index (χ1) is 6.24. The molecule has 3 heteroatoms. The van der Waals surface area contributed by atoms with Crippen LogP contribution < -0.4 is 10.5 Å². The van der Waals surface area contributed by atoms with Gasteiger partial charge in [0.05, 0.1) is 0 Å². The molecule has 0 saturated heterocycles. The van der Waals surface area contributed by atoms with Crippen LogP contribution in [-0.4, -0.2) is 13.9 Å². The molecule has 0 amide bonds. The van der Waals surface area contributed by atoms with Gasteiger partial charge >= 0.3 is 0 Å². The first-order valence-electron chi connectivity index (χ1n) is 4.21. The van der Waals surface area contributed by atoms with Gasteiger partial charge in [-0.3, -0.25) is 0 Å². The fourth-order valence-electron chi connectivity index (χ4n) is 1.01. The van der Waals surface area contributed by atoms with E-state index in [4.69, 9.17) is 15.2 Å². The second kappa shape index (κ2) is 4.84. The topological polar surface area (TPSA) is 44.5 Å². The van der Waals surface area contributed by atoms with Crippen LogP contribution in [0.15, 0.2) is 24.3 Å². The smallest absolute Gasteiger partial charge is 0.188 e. The summed E-state index contributed by atoms with van der Waals surface area (Å²) >= 11 is 0. The molecule has 1 aromatic rings. The summed E-state index contributed by atoms with van der Waals surface area (Å²) in [6.45, 7) is 2.21. The van der Waals surface area contributed by atoms with E-state index in [1.54, 1.807) is 7.11 Å². The van der Waals surface area contributed by atoms with Crippen LogP contribution in [-0.2, 0) is 4.74 Å². The Morgan fingerprint density at radius 2 is 2.23 bits per heavy atom. The van der Waals surface area contributed by atoms with Crippen LogP contribution in [0, 0.1) is 0 Å². The van der Waals surface area contributed by atoms with Crippen LogP contribution in [0.25, 0.3) is 0 Å². The van der Waals surface area contributed by atoms with Gasteiger partial charge in [0.1, 0.15) is 5.75 Å². The Hall–Kier alpha value is -1.06. The lowest BCUT2D eigenvalue weighted by molar-refractivity contribution is 0.0510. The third-order valence-electron chi connectivity index (χ3n) is 1.73. The van der Waals surface area contributed by atoms with Crippen molar-refractivity contribution in [3.8, 4) is 5.75 Å². The van der Waals surface area contributed by atoms with E-state index in [0.29, 0.717) is 0 Å². The molecular weight excluding hydrogens is 166 g/mol. The van der Waals surface area contributed by atoms with Gasteiger partial charge in [-0.2, -0.15) is 0 Å². The number of rotatable bonds is 4. The van der Waals surface area contributed by atoms with Crippen molar-refractivity contribution in [1.82, 2.24) is 0 Å². The lowest BCUT2D eigenvalue weighted by Crippen LogP contribution is -2.05. The molecule has 2 N–H and O–H groups in total. The van der Waals surface area contributed by atoms with Crippen molar-refractivity contribution >= 4 is 0 Å². The SMILES string of the molecule is COCOc1cccc([C@H](C)N)c1. The summed E-state index contributed by atoms with van der Waals surface area (Å²) in [4.78, 5) is 0. The highest BCUT2D eigenvalue weighted by atomic mass is 16.7. The average Bonchev–Trinajstić information content (AvgIpc) is 2.15. The molecule has 0 aliphatic carbocycles. The van der Waals surface area contributed by atoms with E-state index >= 15 is 0 Å². The molecule has 0 spiro atoms. The van der Waals surface area contributed by atoms with Crippen molar-refractivity contribution in [2.75, 3.05) is 13.9 Å². The average molecular weight is 181 g/mol. The minimum absolute atomic E-state index is 0.0334. The molecule has 1 atom stereocenters. The van der Waals surface area contributed by atoms with Crippen molar-refractivity contribution in [2.24, 2.45) is 5.73 Å². The fourth-order valence-corrected chi connectivity index (χ4v) is 1.01. The summed E-state index contributed by atoms with van der Waals surface area (Å²) < 4.78 is 10.1. The molecular formula is C10H15NO2. The van der Waals surface area contributed by atoms with E-state index in [1.165, 1.54) is 0 Å². The zero-order chi connectivity index (χ0) is 9.68. The maximum Gasteiger partial charge on any atom is 0.188 e. The molecule has 0 unspecified atom stereocenters. The van der Waals surface area contributed by atoms with Gasteiger partial charge in [-0.05, 0) is 24.6 Å². The van der Waals surface area contributed by atoms with Crippen molar-refractivity contribution in [3.63, 3.8) is 0 Å². The van der Waals surface area contributed by atoms with E-state index in [0.717, 1.165) is 11.3 Å². The van der Waals surface area contributed by atoms with E-state index < -0.39 is 0 Å². The largest absolute Gasteiger partial charge is 0.468 e. The highest BCUT2D eigenvalue weighted by molar-refractivity contribution is 5.29. The minimum atomic E-state index is 0.0334. The zero-order valence-corrected chi connectivity index (χ0v) is 7.99. The molecule has 0 aliphatic heterocycles. The summed E-state index contributed by atoms with van der Waals surface area (Å²) in [5, 5.41) is 0. The van der Waals surface area contributed by atoms with Crippen molar-refractivity contribution in [3.05, 3.63) is 29.8 Å². The molecule has 0 radical (unpaired) electrons. The molecule has 1 aromatic carbocycles. The lowest BCUT2D eigenvalue weighted by Gasteiger charge is -2.08. The van der Waals surface area contributed by atoms with E-state index in [2.05, 4.69) is 0 Å². The van der Waals surface area contributed by atoms with Crippen LogP contribution in [0.5, 0.6) is 5.75 Å². The van der Waals surface area contributed by atoms with Crippen LogP contribution in [0.4, 0.5) is 0 Å². The summed E-state index contributed by atoms with van der Waals surface area (Å²) in [7, 11) is 1.59. The number of ether oxygens (including phenoxy) is 2. The van der Waals surface area contributed by atoms with Crippen LogP contribution in [0.1, 0.15) is 18.5 Å². The first kappa shape index (κ1) is 10.0. The molecule has 0 heterocycles. The Bertz CT molecular complexity index is 261. The number of hydrogen-bond acceptors (Lipinski definition) is 3. The Kier molecular flexibility index (Phi) is 3.73. The molecule has 1 rings (SSSR count). The summed E-state index contributed by atoms with van der Waals surface area (Å²) in [6, 6.07) is 7.73. The zero-order valence-electron chi connectivity index (χ0n) is 7.99. The monoisotopic (exact) mass is 181 g/mol. The van der Waals surface area contributed by atoms with Gasteiger partial charge in [0.25, 0.3) is 0 Å². The standard InChI is InChI=1S/C10H15NO2/c1-8(11)9-4-3-5-10(6-9)13-7-12-2/h3-6,8H,7,11H2,1-2H3/t8-/m0/s1.